The first-order valence-corrected chi connectivity index (χ1v) is 8.13. The summed E-state index contributed by atoms with van der Waals surface area (Å²) in [6.07, 6.45) is 3.31. The van der Waals surface area contributed by atoms with Gasteiger partial charge in [0.25, 0.3) is 0 Å². The molecule has 3 rings (SSSR count). The van der Waals surface area contributed by atoms with Gasteiger partial charge >= 0.3 is 0 Å². The first kappa shape index (κ1) is 15.7. The summed E-state index contributed by atoms with van der Waals surface area (Å²) in [5, 5.41) is 8.12. The highest BCUT2D eigenvalue weighted by Gasteiger charge is 2.15. The Morgan fingerprint density at radius 3 is 3.04 bits per heavy atom. The second kappa shape index (κ2) is 6.92. The van der Waals surface area contributed by atoms with Gasteiger partial charge in [-0.25, -0.2) is 19.0 Å². The fourth-order valence-electron chi connectivity index (χ4n) is 1.69. The summed E-state index contributed by atoms with van der Waals surface area (Å²) in [4.78, 5) is 11.1. The molecule has 1 aromatic carbocycles. The van der Waals surface area contributed by atoms with Crippen LogP contribution in [0.2, 0.25) is 0 Å². The number of aromatic amines is 1. The van der Waals surface area contributed by atoms with Crippen LogP contribution in [0.15, 0.2) is 49.8 Å². The SMILES string of the molecule is NC(=Nc1ccc(F)c(Br)c1)c1nonc1SCc1cnc[nH]1. The number of benzene rings is 1. The number of H-pyrrole nitrogens is 1. The minimum absolute atomic E-state index is 0.136. The molecule has 0 saturated carbocycles. The van der Waals surface area contributed by atoms with E-state index in [1.807, 2.05) is 0 Å². The van der Waals surface area contributed by atoms with Crippen molar-refractivity contribution in [2.75, 3.05) is 0 Å². The molecule has 0 bridgehead atoms. The lowest BCUT2D eigenvalue weighted by Gasteiger charge is -2.00. The maximum absolute atomic E-state index is 13.2. The molecule has 10 heteroatoms. The molecule has 0 spiro atoms. The average molecular weight is 397 g/mol. The molecule has 0 aliphatic carbocycles. The largest absolute Gasteiger partial charge is 0.382 e. The number of nitrogens with two attached hydrogens (primary N) is 1. The van der Waals surface area contributed by atoms with Gasteiger partial charge in [-0.15, -0.1) is 0 Å². The van der Waals surface area contributed by atoms with E-state index >= 15 is 0 Å². The lowest BCUT2D eigenvalue weighted by atomic mass is 10.3. The van der Waals surface area contributed by atoms with Crippen molar-refractivity contribution in [3.8, 4) is 0 Å². The van der Waals surface area contributed by atoms with Crippen LogP contribution in [0, 0.1) is 5.82 Å². The molecular formula is C13H10BrFN6OS. The molecule has 0 radical (unpaired) electrons. The van der Waals surface area contributed by atoms with Crippen molar-refractivity contribution in [3.63, 3.8) is 0 Å². The highest BCUT2D eigenvalue weighted by Crippen LogP contribution is 2.25. The van der Waals surface area contributed by atoms with Crippen molar-refractivity contribution in [3.05, 3.63) is 52.4 Å². The third-order valence-corrected chi connectivity index (χ3v) is 4.38. The fourth-order valence-corrected chi connectivity index (χ4v) is 2.87. The Morgan fingerprint density at radius 1 is 1.43 bits per heavy atom. The van der Waals surface area contributed by atoms with Gasteiger partial charge in [-0.1, -0.05) is 11.8 Å². The van der Waals surface area contributed by atoms with Gasteiger partial charge in [-0.05, 0) is 44.4 Å². The second-order valence-electron chi connectivity index (χ2n) is 4.38. The monoisotopic (exact) mass is 396 g/mol. The van der Waals surface area contributed by atoms with Crippen molar-refractivity contribution in [2.24, 2.45) is 10.7 Å². The van der Waals surface area contributed by atoms with Crippen LogP contribution in [0.5, 0.6) is 0 Å². The number of nitrogens with zero attached hydrogens (tertiary/aromatic N) is 4. The molecule has 3 aromatic rings. The zero-order chi connectivity index (χ0) is 16.2. The molecule has 0 fully saturated rings. The Hall–Kier alpha value is -2.20. The number of amidine groups is 1. The van der Waals surface area contributed by atoms with Gasteiger partial charge in [0.15, 0.2) is 16.6 Å². The van der Waals surface area contributed by atoms with Gasteiger partial charge in [0.2, 0.25) is 0 Å². The Balaban J connectivity index is 1.79. The highest BCUT2D eigenvalue weighted by atomic mass is 79.9. The van der Waals surface area contributed by atoms with Gasteiger partial charge in [-0.3, -0.25) is 0 Å². The number of nitrogens with one attached hydrogen (secondary N) is 1. The van der Waals surface area contributed by atoms with Crippen molar-refractivity contribution < 1.29 is 9.02 Å². The van der Waals surface area contributed by atoms with Crippen LogP contribution in [0.25, 0.3) is 0 Å². The van der Waals surface area contributed by atoms with Crippen LogP contribution in [-0.4, -0.2) is 26.1 Å². The van der Waals surface area contributed by atoms with Gasteiger partial charge in [-0.2, -0.15) is 0 Å². The minimum Gasteiger partial charge on any atom is -0.382 e. The average Bonchev–Trinajstić information content (AvgIpc) is 3.19. The van der Waals surface area contributed by atoms with E-state index in [0.29, 0.717) is 26.6 Å². The first-order valence-electron chi connectivity index (χ1n) is 6.35. The zero-order valence-electron chi connectivity index (χ0n) is 11.5. The van der Waals surface area contributed by atoms with E-state index in [-0.39, 0.29) is 11.7 Å². The lowest BCUT2D eigenvalue weighted by molar-refractivity contribution is 0.298. The highest BCUT2D eigenvalue weighted by molar-refractivity contribution is 9.10. The van der Waals surface area contributed by atoms with Crippen LogP contribution in [-0.2, 0) is 5.75 Å². The number of hydrogen-bond donors (Lipinski definition) is 2. The maximum Gasteiger partial charge on any atom is 0.183 e. The third-order valence-electron chi connectivity index (χ3n) is 2.77. The van der Waals surface area contributed by atoms with Crippen LogP contribution >= 0.6 is 27.7 Å². The number of rotatable bonds is 5. The van der Waals surface area contributed by atoms with Gasteiger partial charge < -0.3 is 10.7 Å². The Morgan fingerprint density at radius 2 is 2.30 bits per heavy atom. The molecule has 0 aliphatic heterocycles. The zero-order valence-corrected chi connectivity index (χ0v) is 13.9. The van der Waals surface area contributed by atoms with E-state index < -0.39 is 0 Å². The molecule has 118 valence electrons. The predicted molar refractivity (Wildman–Crippen MR) is 86.9 cm³/mol. The van der Waals surface area contributed by atoms with Crippen LogP contribution < -0.4 is 5.73 Å². The van der Waals surface area contributed by atoms with Crippen molar-refractivity contribution >= 4 is 39.2 Å². The van der Waals surface area contributed by atoms with Crippen molar-refractivity contribution in [1.82, 2.24) is 20.3 Å². The number of hydrogen-bond acceptors (Lipinski definition) is 6. The van der Waals surface area contributed by atoms with Crippen molar-refractivity contribution in [2.45, 2.75) is 10.8 Å². The predicted octanol–water partition coefficient (Wildman–Crippen LogP) is 3.02. The molecule has 3 N–H and O–H groups in total. The topological polar surface area (TPSA) is 106 Å². The number of halogens is 2. The smallest absolute Gasteiger partial charge is 0.183 e. The Labute approximate surface area is 142 Å². The van der Waals surface area contributed by atoms with E-state index in [2.05, 4.69) is 41.2 Å². The maximum atomic E-state index is 13.2. The standard InChI is InChI=1S/C13H10BrFN6OS/c14-9-3-7(1-2-10(9)15)19-12(16)11-13(21-22-20-11)23-5-8-4-17-6-18-8/h1-4,6H,5H2,(H2,16,19)(H,17,18). The molecule has 0 amide bonds. The molecule has 0 saturated heterocycles. The summed E-state index contributed by atoms with van der Waals surface area (Å²) in [5.41, 5.74) is 7.72. The van der Waals surface area contributed by atoms with E-state index in [1.165, 1.54) is 30.0 Å². The normalized spacial score (nSPS) is 11.8. The Bertz CT molecular complexity index is 835. The first-order chi connectivity index (χ1) is 11.1. The van der Waals surface area contributed by atoms with E-state index in [1.54, 1.807) is 12.5 Å². The van der Waals surface area contributed by atoms with E-state index in [4.69, 9.17) is 10.4 Å². The summed E-state index contributed by atoms with van der Waals surface area (Å²) in [7, 11) is 0. The van der Waals surface area contributed by atoms with Crippen LogP contribution in [0.1, 0.15) is 11.4 Å². The number of imidazole rings is 1. The molecular weight excluding hydrogens is 387 g/mol. The quantitative estimate of drug-likeness (QED) is 0.390. The summed E-state index contributed by atoms with van der Waals surface area (Å²) < 4.78 is 18.3. The molecule has 0 unspecified atom stereocenters. The van der Waals surface area contributed by atoms with Crippen LogP contribution in [0.3, 0.4) is 0 Å². The fraction of sp³-hybridized carbons (Fsp3) is 0.0769. The number of aliphatic imine (C=N–C) groups is 1. The number of aromatic nitrogens is 4. The van der Waals surface area contributed by atoms with Gasteiger partial charge in [0.05, 0.1) is 16.5 Å². The summed E-state index contributed by atoms with van der Waals surface area (Å²) in [5.74, 6) is 0.370. The van der Waals surface area contributed by atoms with Crippen molar-refractivity contribution in [1.29, 1.82) is 0 Å². The summed E-state index contributed by atoms with van der Waals surface area (Å²) >= 11 is 4.49. The molecule has 2 heterocycles. The summed E-state index contributed by atoms with van der Waals surface area (Å²) in [6.45, 7) is 0. The molecule has 0 atom stereocenters. The van der Waals surface area contributed by atoms with Gasteiger partial charge in [0.1, 0.15) is 5.82 Å². The summed E-state index contributed by atoms with van der Waals surface area (Å²) in [6, 6.07) is 4.33. The molecule has 0 aliphatic rings. The second-order valence-corrected chi connectivity index (χ2v) is 6.20. The molecule has 2 aromatic heterocycles. The van der Waals surface area contributed by atoms with Gasteiger partial charge in [0, 0.05) is 17.6 Å². The molecule has 23 heavy (non-hydrogen) atoms. The van der Waals surface area contributed by atoms with Crippen LogP contribution in [0.4, 0.5) is 10.1 Å². The lowest BCUT2D eigenvalue weighted by Crippen LogP contribution is -2.14. The van der Waals surface area contributed by atoms with E-state index in [0.717, 1.165) is 5.69 Å². The minimum atomic E-state index is -0.374. The number of thioether (sulfide) groups is 1. The third kappa shape index (κ3) is 3.77. The molecule has 7 nitrogen and oxygen atoms in total. The Kier molecular flexibility index (Phi) is 4.72. The van der Waals surface area contributed by atoms with E-state index in [9.17, 15) is 4.39 Å².